The Morgan fingerprint density at radius 2 is 1.70 bits per heavy atom. The largest absolute Gasteiger partial charge is 0.323 e. The Morgan fingerprint density at radius 3 is 2.57 bits per heavy atom. The molecule has 0 radical (unpaired) electrons. The van der Waals surface area contributed by atoms with E-state index in [0.717, 1.165) is 33.3 Å². The van der Waals surface area contributed by atoms with E-state index in [0.29, 0.717) is 5.95 Å². The van der Waals surface area contributed by atoms with Crippen LogP contribution in [-0.2, 0) is 0 Å². The molecule has 4 rings (SSSR count). The number of imidazole rings is 1. The van der Waals surface area contributed by atoms with Crippen molar-refractivity contribution in [3.05, 3.63) is 66.4 Å². The van der Waals surface area contributed by atoms with Gasteiger partial charge in [-0.3, -0.25) is 0 Å². The van der Waals surface area contributed by atoms with Gasteiger partial charge in [-0.2, -0.15) is 5.10 Å². The molecule has 0 atom stereocenters. The predicted molar refractivity (Wildman–Crippen MR) is 93.7 cm³/mol. The quantitative estimate of drug-likeness (QED) is 0.445. The van der Waals surface area contributed by atoms with E-state index in [1.807, 2.05) is 61.5 Å². The second kappa shape index (κ2) is 5.53. The molecule has 2 heterocycles. The second-order valence-electron chi connectivity index (χ2n) is 5.30. The highest BCUT2D eigenvalue weighted by atomic mass is 15.4. The summed E-state index contributed by atoms with van der Waals surface area (Å²) in [6, 6.07) is 19.9. The highest BCUT2D eigenvalue weighted by Crippen LogP contribution is 2.14. The highest BCUT2D eigenvalue weighted by Gasteiger charge is 2.03. The number of nitrogens with zero attached hydrogens (tertiary/aromatic N) is 3. The minimum atomic E-state index is 0.617. The molecule has 2 aromatic heterocycles. The van der Waals surface area contributed by atoms with Crippen molar-refractivity contribution in [3.63, 3.8) is 0 Å². The first-order chi connectivity index (χ1) is 11.3. The molecule has 2 aromatic carbocycles. The first-order valence-corrected chi connectivity index (χ1v) is 7.41. The lowest BCUT2D eigenvalue weighted by Crippen LogP contribution is -2.03. The van der Waals surface area contributed by atoms with E-state index in [4.69, 9.17) is 0 Å². The Hall–Kier alpha value is -3.21. The number of hydrogen-bond donors (Lipinski definition) is 2. The van der Waals surface area contributed by atoms with E-state index in [1.54, 1.807) is 0 Å². The Bertz CT molecular complexity index is 983. The molecule has 0 aliphatic heterocycles. The van der Waals surface area contributed by atoms with E-state index in [9.17, 15) is 0 Å². The number of hydrazone groups is 1. The van der Waals surface area contributed by atoms with Crippen LogP contribution in [0, 0.1) is 0 Å². The van der Waals surface area contributed by atoms with Gasteiger partial charge < -0.3 is 4.98 Å². The zero-order chi connectivity index (χ0) is 15.6. The van der Waals surface area contributed by atoms with E-state index in [1.165, 1.54) is 0 Å². The van der Waals surface area contributed by atoms with E-state index < -0.39 is 0 Å². The Kier molecular flexibility index (Phi) is 3.24. The lowest BCUT2D eigenvalue weighted by atomic mass is 10.2. The van der Waals surface area contributed by atoms with Crippen molar-refractivity contribution in [2.75, 3.05) is 5.43 Å². The molecular formula is C18H15N5. The van der Waals surface area contributed by atoms with Gasteiger partial charge in [-0.05, 0) is 31.2 Å². The smallest absolute Gasteiger partial charge is 0.222 e. The Morgan fingerprint density at radius 1 is 0.913 bits per heavy atom. The molecular weight excluding hydrogens is 286 g/mol. The molecule has 0 saturated heterocycles. The molecule has 0 aliphatic rings. The SMILES string of the molecule is C/C(=N\Nc1nc2ccccc2[nH]1)c1ccc2ccccc2n1. The number of para-hydroxylation sites is 3. The minimum absolute atomic E-state index is 0.617. The number of fused-ring (bicyclic) bond motifs is 2. The molecule has 0 fully saturated rings. The van der Waals surface area contributed by atoms with Crippen LogP contribution in [0.5, 0.6) is 0 Å². The number of nitrogens with one attached hydrogen (secondary N) is 2. The van der Waals surface area contributed by atoms with Gasteiger partial charge >= 0.3 is 0 Å². The molecule has 0 bridgehead atoms. The van der Waals surface area contributed by atoms with Gasteiger partial charge in [0.25, 0.3) is 0 Å². The van der Waals surface area contributed by atoms with Crippen LogP contribution in [0.4, 0.5) is 5.95 Å². The van der Waals surface area contributed by atoms with Gasteiger partial charge in [0.2, 0.25) is 5.95 Å². The third kappa shape index (κ3) is 2.64. The summed E-state index contributed by atoms with van der Waals surface area (Å²) in [5, 5.41) is 5.50. The van der Waals surface area contributed by atoms with Gasteiger partial charge in [0.15, 0.2) is 0 Å². The predicted octanol–water partition coefficient (Wildman–Crippen LogP) is 3.95. The van der Waals surface area contributed by atoms with Crippen LogP contribution in [0.2, 0.25) is 0 Å². The summed E-state index contributed by atoms with van der Waals surface area (Å²) in [5.74, 6) is 0.617. The molecule has 2 N–H and O–H groups in total. The van der Waals surface area contributed by atoms with Crippen molar-refractivity contribution < 1.29 is 0 Å². The van der Waals surface area contributed by atoms with Gasteiger partial charge in [0.05, 0.1) is 28.0 Å². The van der Waals surface area contributed by atoms with Crippen molar-refractivity contribution in [2.45, 2.75) is 6.92 Å². The number of rotatable bonds is 3. The second-order valence-corrected chi connectivity index (χ2v) is 5.30. The summed E-state index contributed by atoms with van der Waals surface area (Å²) in [6.45, 7) is 1.92. The number of H-pyrrole nitrogens is 1. The third-order valence-corrected chi connectivity index (χ3v) is 3.69. The van der Waals surface area contributed by atoms with Gasteiger partial charge in [0, 0.05) is 5.39 Å². The summed E-state index contributed by atoms with van der Waals surface area (Å²) >= 11 is 0. The molecule has 0 aliphatic carbocycles. The van der Waals surface area contributed by atoms with Crippen LogP contribution in [0.25, 0.3) is 21.9 Å². The minimum Gasteiger partial charge on any atom is -0.323 e. The maximum atomic E-state index is 4.63. The molecule has 0 saturated carbocycles. The average Bonchev–Trinajstić information content (AvgIpc) is 3.02. The standard InChI is InChI=1S/C18H15N5/c1-12(14-11-10-13-6-2-3-7-15(13)19-14)22-23-18-20-16-8-4-5-9-17(16)21-18/h2-11H,1H3,(H2,20,21,23)/b22-12+. The average molecular weight is 301 g/mol. The van der Waals surface area contributed by atoms with E-state index in [2.05, 4.69) is 31.5 Å². The molecule has 112 valence electrons. The molecule has 23 heavy (non-hydrogen) atoms. The number of anilines is 1. The maximum absolute atomic E-state index is 4.63. The Balaban J connectivity index is 1.61. The number of aromatic nitrogens is 3. The first kappa shape index (κ1) is 13.5. The van der Waals surface area contributed by atoms with Crippen LogP contribution in [-0.4, -0.2) is 20.7 Å². The normalized spacial score (nSPS) is 12.0. The van der Waals surface area contributed by atoms with Crippen LogP contribution < -0.4 is 5.43 Å². The highest BCUT2D eigenvalue weighted by molar-refractivity contribution is 5.99. The summed E-state index contributed by atoms with van der Waals surface area (Å²) in [4.78, 5) is 12.2. The van der Waals surface area contributed by atoms with Crippen molar-refractivity contribution >= 4 is 33.6 Å². The topological polar surface area (TPSA) is 66.0 Å². The lowest BCUT2D eigenvalue weighted by Gasteiger charge is -2.03. The molecule has 0 spiro atoms. The zero-order valence-corrected chi connectivity index (χ0v) is 12.6. The summed E-state index contributed by atoms with van der Waals surface area (Å²) < 4.78 is 0. The fraction of sp³-hybridized carbons (Fsp3) is 0.0556. The van der Waals surface area contributed by atoms with Crippen LogP contribution in [0.1, 0.15) is 12.6 Å². The molecule has 0 amide bonds. The molecule has 5 heteroatoms. The summed E-state index contributed by atoms with van der Waals surface area (Å²) in [5.41, 5.74) is 7.45. The summed E-state index contributed by atoms with van der Waals surface area (Å²) in [6.07, 6.45) is 0. The lowest BCUT2D eigenvalue weighted by molar-refractivity contribution is 1.19. The van der Waals surface area contributed by atoms with Crippen LogP contribution >= 0.6 is 0 Å². The third-order valence-electron chi connectivity index (χ3n) is 3.69. The van der Waals surface area contributed by atoms with Gasteiger partial charge in [-0.1, -0.05) is 36.4 Å². The Labute approximate surface area is 133 Å². The first-order valence-electron chi connectivity index (χ1n) is 7.41. The molecule has 4 aromatic rings. The van der Waals surface area contributed by atoms with Crippen molar-refractivity contribution in [1.29, 1.82) is 0 Å². The van der Waals surface area contributed by atoms with Crippen molar-refractivity contribution in [2.24, 2.45) is 5.10 Å². The number of aromatic amines is 1. The van der Waals surface area contributed by atoms with E-state index >= 15 is 0 Å². The number of benzene rings is 2. The van der Waals surface area contributed by atoms with Crippen molar-refractivity contribution in [3.8, 4) is 0 Å². The zero-order valence-electron chi connectivity index (χ0n) is 12.6. The fourth-order valence-corrected chi connectivity index (χ4v) is 2.47. The fourth-order valence-electron chi connectivity index (χ4n) is 2.47. The monoisotopic (exact) mass is 301 g/mol. The molecule has 5 nitrogen and oxygen atoms in total. The number of pyridine rings is 1. The van der Waals surface area contributed by atoms with Gasteiger partial charge in [0.1, 0.15) is 0 Å². The van der Waals surface area contributed by atoms with E-state index in [-0.39, 0.29) is 0 Å². The summed E-state index contributed by atoms with van der Waals surface area (Å²) in [7, 11) is 0. The van der Waals surface area contributed by atoms with Gasteiger partial charge in [-0.25, -0.2) is 15.4 Å². The van der Waals surface area contributed by atoms with Crippen LogP contribution in [0.15, 0.2) is 65.8 Å². The molecule has 0 unspecified atom stereocenters. The maximum Gasteiger partial charge on any atom is 0.222 e. The van der Waals surface area contributed by atoms with Gasteiger partial charge in [-0.15, -0.1) is 0 Å². The van der Waals surface area contributed by atoms with Crippen LogP contribution in [0.3, 0.4) is 0 Å². The van der Waals surface area contributed by atoms with Crippen molar-refractivity contribution in [1.82, 2.24) is 15.0 Å². The number of hydrogen-bond acceptors (Lipinski definition) is 4.